The molecule has 3 unspecified atom stereocenters. The van der Waals surface area contributed by atoms with Gasteiger partial charge in [0, 0.05) is 122 Å². The van der Waals surface area contributed by atoms with Crippen LogP contribution in [0, 0.1) is 0 Å². The molecule has 0 saturated carbocycles. The summed E-state index contributed by atoms with van der Waals surface area (Å²) in [6.45, 7) is 24.0. The smallest absolute Gasteiger partial charge is 0.411 e. The first kappa shape index (κ1) is 85.9. The number of rotatable bonds is 18. The molecule has 0 aliphatic carbocycles. The first-order valence-corrected chi connectivity index (χ1v) is 42.2. The summed E-state index contributed by atoms with van der Waals surface area (Å²) in [4.78, 5) is 110. The van der Waals surface area contributed by atoms with Crippen molar-refractivity contribution in [3.63, 3.8) is 0 Å². The Bertz CT molecular complexity index is 5240. The maximum Gasteiger partial charge on any atom is 0.411 e. The second kappa shape index (κ2) is 38.4. The van der Waals surface area contributed by atoms with Crippen LogP contribution in [0.5, 0.6) is 11.5 Å². The predicted molar refractivity (Wildman–Crippen MR) is 460 cm³/mol. The molecule has 5 aliphatic heterocycles. The molecule has 5 N–H and O–H groups in total. The lowest BCUT2D eigenvalue weighted by molar-refractivity contribution is -0.136. The van der Waals surface area contributed by atoms with E-state index in [4.69, 9.17) is 68.0 Å². The number of carbonyl (C=O) groups is 7. The number of piperidine rings is 1. The molecule has 2 saturated heterocycles. The van der Waals surface area contributed by atoms with Crippen molar-refractivity contribution < 1.29 is 66.7 Å². The topological polar surface area (TPSA) is 272 Å². The van der Waals surface area contributed by atoms with E-state index < -0.39 is 41.4 Å². The molecule has 15 rings (SSSR count). The number of hydrogen-bond donors (Lipinski definition) is 5. The number of halogens is 3. The maximum absolute atomic E-state index is 13.4. The Morgan fingerprint density at radius 3 is 1.36 bits per heavy atom. The minimum atomic E-state index is -0.987. The van der Waals surface area contributed by atoms with E-state index in [0.29, 0.717) is 105 Å². The third-order valence-corrected chi connectivity index (χ3v) is 22.4. The Hall–Kier alpha value is -10.9. The van der Waals surface area contributed by atoms with E-state index in [9.17, 15) is 33.6 Å². The zero-order valence-electron chi connectivity index (χ0n) is 68.8. The molecule has 5 aliphatic rings. The van der Waals surface area contributed by atoms with E-state index >= 15 is 0 Å². The summed E-state index contributed by atoms with van der Waals surface area (Å²) in [5.41, 5.74) is 11.9. The second-order valence-electron chi connectivity index (χ2n) is 32.3. The number of likely N-dealkylation sites (tertiary alicyclic amines) is 2. The number of amides is 6. The number of fused-ring (bicyclic) bond motifs is 9. The Balaban J connectivity index is 0.000000156. The molecule has 6 amide bonds. The molecular formula is C92H105Cl3N10O14. The molecule has 24 nitrogen and oxygen atoms in total. The number of nitrogens with one attached hydrogen (secondary N) is 5. The van der Waals surface area contributed by atoms with Gasteiger partial charge in [0.1, 0.15) is 46.9 Å². The van der Waals surface area contributed by atoms with E-state index in [2.05, 4.69) is 42.6 Å². The highest BCUT2D eigenvalue weighted by Crippen LogP contribution is 2.44. The lowest BCUT2D eigenvalue weighted by Gasteiger charge is -2.37. The number of carbonyl (C=O) groups excluding carboxylic acids is 7. The molecule has 7 aromatic carbocycles. The molecule has 4 atom stereocenters. The van der Waals surface area contributed by atoms with E-state index in [1.165, 1.54) is 31.5 Å². The van der Waals surface area contributed by atoms with E-state index in [0.717, 1.165) is 108 Å². The molecule has 0 radical (unpaired) electrons. The first-order chi connectivity index (χ1) is 57.2. The summed E-state index contributed by atoms with van der Waals surface area (Å²) < 4.78 is 38.8. The van der Waals surface area contributed by atoms with Gasteiger partial charge in [0.05, 0.1) is 26.4 Å². The van der Waals surface area contributed by atoms with Crippen molar-refractivity contribution in [3.05, 3.63) is 234 Å². The quantitative estimate of drug-likeness (QED) is 0.0231. The van der Waals surface area contributed by atoms with Gasteiger partial charge in [-0.2, -0.15) is 0 Å². The maximum atomic E-state index is 13.4. The van der Waals surface area contributed by atoms with Crippen LogP contribution in [0.2, 0.25) is 15.1 Å². The Labute approximate surface area is 708 Å². The van der Waals surface area contributed by atoms with Gasteiger partial charge in [-0.05, 0) is 257 Å². The summed E-state index contributed by atoms with van der Waals surface area (Å²) in [5.74, 6) is 0.349. The van der Waals surface area contributed by atoms with Gasteiger partial charge in [-0.15, -0.1) is 0 Å². The second-order valence-corrected chi connectivity index (χ2v) is 33.6. The average Bonchev–Trinajstić information content (AvgIpc) is 1.64. The standard InChI is InChI=1S/C36H40ClN3O6.C29H33ClN4O5.C27H32ClN3O3/c1-35(2,3)45-33(42)39-29(20-22-10-8-7-9-11-22)32(41)44-25-15-12-23(13-16-25)31-30-26(27-21-24(37)14-17-28(27)38-30)18-19-40(31)34(43)46-36(4,5)6;1-3-38-28(36)33-14-11-21(12-15-33)31-27(35)19-7-5-18(6-8-19)26-25-22(13-16-34(26)29(37)39-4-2)23-17-20(30)9-10-24(23)32-25;1-2-33-27(32)31-16-12-22-23-18-20(28)8-11-24(23)29-25(22)26(31)19-6-9-21(10-7-19)34-17-5-15-30-13-3-4-14-30/h7-17,21,29,31,38H,18-20H2,1-6H3,(H,39,42);5-10,17,21,26,32H,3-4,11-16H2,1-2H3,(H,31,35);6-11,18,26,29H,2-5,12-17H2,1H3/t29-,31?;;/m0../s1. The summed E-state index contributed by atoms with van der Waals surface area (Å²) in [6.07, 6.45) is 5.19. The van der Waals surface area contributed by atoms with Gasteiger partial charge in [-0.3, -0.25) is 19.5 Å². The van der Waals surface area contributed by atoms with Crippen molar-refractivity contribution in [1.82, 2.24) is 50.1 Å². The van der Waals surface area contributed by atoms with Crippen LogP contribution in [0.15, 0.2) is 158 Å². The molecule has 10 aromatic rings. The van der Waals surface area contributed by atoms with Crippen LogP contribution in [-0.2, 0) is 54.2 Å². The molecular weight excluding hydrogens is 1580 g/mol. The van der Waals surface area contributed by atoms with E-state index in [1.807, 2.05) is 154 Å². The fourth-order valence-corrected chi connectivity index (χ4v) is 16.8. The largest absolute Gasteiger partial charge is 0.494 e. The van der Waals surface area contributed by atoms with E-state index in [1.54, 1.807) is 73.6 Å². The third kappa shape index (κ3) is 21.2. The van der Waals surface area contributed by atoms with Crippen LogP contribution >= 0.6 is 34.8 Å². The van der Waals surface area contributed by atoms with Crippen molar-refractivity contribution in [1.29, 1.82) is 0 Å². The van der Waals surface area contributed by atoms with Crippen molar-refractivity contribution in [2.45, 2.75) is 162 Å². The molecule has 119 heavy (non-hydrogen) atoms. The molecule has 628 valence electrons. The van der Waals surface area contributed by atoms with Gasteiger partial charge < -0.3 is 68.5 Å². The van der Waals surface area contributed by atoms with Crippen LogP contribution < -0.4 is 20.1 Å². The Morgan fingerprint density at radius 2 is 0.916 bits per heavy atom. The summed E-state index contributed by atoms with van der Waals surface area (Å²) in [7, 11) is 0. The lowest BCUT2D eigenvalue weighted by atomic mass is 9.92. The van der Waals surface area contributed by atoms with Gasteiger partial charge >= 0.3 is 36.4 Å². The summed E-state index contributed by atoms with van der Waals surface area (Å²) >= 11 is 18.9. The molecule has 27 heteroatoms. The molecule has 2 fully saturated rings. The van der Waals surface area contributed by atoms with Crippen molar-refractivity contribution in [2.75, 3.05) is 78.8 Å². The van der Waals surface area contributed by atoms with Crippen LogP contribution in [0.1, 0.15) is 179 Å². The van der Waals surface area contributed by atoms with Gasteiger partial charge in [0.25, 0.3) is 5.91 Å². The predicted octanol–water partition coefficient (Wildman–Crippen LogP) is 18.8. The van der Waals surface area contributed by atoms with Gasteiger partial charge in [0.15, 0.2) is 0 Å². The minimum absolute atomic E-state index is 0.0127. The van der Waals surface area contributed by atoms with Crippen molar-refractivity contribution >= 4 is 110 Å². The number of aromatic nitrogens is 3. The number of alkyl carbamates (subject to hydrolysis) is 1. The Kier molecular flexibility index (Phi) is 27.8. The summed E-state index contributed by atoms with van der Waals surface area (Å²) in [6, 6.07) is 47.1. The van der Waals surface area contributed by atoms with Gasteiger partial charge in [-0.1, -0.05) is 102 Å². The normalized spacial score (nSPS) is 17.0. The lowest BCUT2D eigenvalue weighted by Crippen LogP contribution is -2.46. The van der Waals surface area contributed by atoms with Crippen LogP contribution in [-0.4, -0.2) is 184 Å². The fourth-order valence-electron chi connectivity index (χ4n) is 16.3. The highest BCUT2D eigenvalue weighted by molar-refractivity contribution is 6.32. The molecule has 0 spiro atoms. The van der Waals surface area contributed by atoms with Crippen LogP contribution in [0.25, 0.3) is 32.7 Å². The third-order valence-electron chi connectivity index (χ3n) is 21.7. The Morgan fingerprint density at radius 1 is 0.487 bits per heavy atom. The van der Waals surface area contributed by atoms with Crippen LogP contribution in [0.3, 0.4) is 0 Å². The number of H-pyrrole nitrogens is 3. The minimum Gasteiger partial charge on any atom is -0.494 e. The number of hydrogen-bond acceptors (Lipinski definition) is 15. The highest BCUT2D eigenvalue weighted by Gasteiger charge is 2.40. The van der Waals surface area contributed by atoms with Crippen LogP contribution in [0.4, 0.5) is 24.0 Å². The number of ether oxygens (including phenoxy) is 7. The van der Waals surface area contributed by atoms with Crippen molar-refractivity contribution in [3.8, 4) is 11.5 Å². The number of aromatic amines is 3. The molecule has 3 aromatic heterocycles. The number of nitrogens with zero attached hydrogens (tertiary/aromatic N) is 5. The zero-order valence-corrected chi connectivity index (χ0v) is 71.1. The first-order valence-electron chi connectivity index (χ1n) is 41.1. The monoisotopic (exact) mass is 1680 g/mol. The number of benzene rings is 7. The molecule has 0 bridgehead atoms. The highest BCUT2D eigenvalue weighted by atomic mass is 35.5. The van der Waals surface area contributed by atoms with Crippen molar-refractivity contribution in [2.24, 2.45) is 0 Å². The van der Waals surface area contributed by atoms with E-state index in [-0.39, 0.29) is 55.3 Å². The zero-order chi connectivity index (χ0) is 84.2. The SMILES string of the molecule is CC(C)(C)OC(=O)N[C@@H](Cc1ccccc1)C(=O)Oc1ccc(C2c3[nH]c4ccc(Cl)cc4c3CCN2C(=O)OC(C)(C)C)cc1.CCOC(=O)N1CCC(NC(=O)c2ccc(C3c4[nH]c5ccc(Cl)cc5c4CCN3C(=O)OCC)cc2)CC1.CCOC(=O)N1CCc2c([nH]c3ccc(Cl)cc23)C1c1ccc(OCCCN2CCCC2)cc1. The average molecular weight is 1680 g/mol. The summed E-state index contributed by atoms with van der Waals surface area (Å²) in [5, 5.41) is 11.0. The van der Waals surface area contributed by atoms with Gasteiger partial charge in [-0.25, -0.2) is 28.8 Å². The fraction of sp³-hybridized carbons (Fsp3) is 0.402. The number of esters is 1. The molecule has 8 heterocycles. The van der Waals surface area contributed by atoms with Gasteiger partial charge in [0.2, 0.25) is 0 Å².